The van der Waals surface area contributed by atoms with Gasteiger partial charge in [0.1, 0.15) is 0 Å². The zero-order chi connectivity index (χ0) is 33.6. The fourth-order valence-electron chi connectivity index (χ4n) is 9.06. The van der Waals surface area contributed by atoms with Gasteiger partial charge in [-0.3, -0.25) is 0 Å². The minimum absolute atomic E-state index is 0.0247. The maximum atomic E-state index is 2.46. The molecule has 1 aliphatic carbocycles. The summed E-state index contributed by atoms with van der Waals surface area (Å²) >= 11 is 0. The first-order chi connectivity index (χ1) is 24.5. The smallest absolute Gasteiger partial charge is 0.0158 e. The lowest BCUT2D eigenvalue weighted by Gasteiger charge is -2.23. The first-order valence-electron chi connectivity index (χ1n) is 17.7. The van der Waals surface area contributed by atoms with Crippen molar-refractivity contribution in [2.45, 2.75) is 26.2 Å². The summed E-state index contributed by atoms with van der Waals surface area (Å²) in [6.45, 7) is 6.94. The van der Waals surface area contributed by atoms with E-state index >= 15 is 0 Å². The van der Waals surface area contributed by atoms with Crippen molar-refractivity contribution in [2.24, 2.45) is 0 Å². The highest BCUT2D eigenvalue weighted by molar-refractivity contribution is 6.30. The zero-order valence-electron chi connectivity index (χ0n) is 28.6. The highest BCUT2D eigenvalue weighted by Gasteiger charge is 2.35. The molecule has 0 fully saturated rings. The van der Waals surface area contributed by atoms with Crippen LogP contribution in [0, 0.1) is 6.92 Å². The van der Waals surface area contributed by atoms with Gasteiger partial charge in [-0.05, 0) is 112 Å². The lowest BCUT2D eigenvalue weighted by molar-refractivity contribution is 0.660. The second-order valence-electron chi connectivity index (χ2n) is 14.5. The van der Waals surface area contributed by atoms with Crippen molar-refractivity contribution >= 4 is 43.1 Å². The molecule has 0 aromatic heterocycles. The minimum Gasteiger partial charge on any atom is -0.0622 e. The summed E-state index contributed by atoms with van der Waals surface area (Å²) in [5.74, 6) is 0. The molecule has 9 aromatic carbocycles. The average Bonchev–Trinajstić information content (AvgIpc) is 3.39. The van der Waals surface area contributed by atoms with E-state index in [2.05, 4.69) is 185 Å². The van der Waals surface area contributed by atoms with E-state index in [9.17, 15) is 0 Å². The van der Waals surface area contributed by atoms with Crippen molar-refractivity contribution in [3.8, 4) is 44.5 Å². The monoisotopic (exact) mass is 636 g/mol. The third-order valence-corrected chi connectivity index (χ3v) is 11.3. The Morgan fingerprint density at radius 2 is 0.780 bits per heavy atom. The van der Waals surface area contributed by atoms with E-state index in [1.54, 1.807) is 0 Å². The summed E-state index contributed by atoms with van der Waals surface area (Å²) in [7, 11) is 0. The number of fused-ring (bicyclic) bond motifs is 7. The summed E-state index contributed by atoms with van der Waals surface area (Å²) in [6, 6.07) is 61.2. The van der Waals surface area contributed by atoms with Crippen molar-refractivity contribution in [3.05, 3.63) is 180 Å². The van der Waals surface area contributed by atoms with Crippen LogP contribution in [-0.4, -0.2) is 0 Å². The van der Waals surface area contributed by atoms with Crippen LogP contribution in [0.4, 0.5) is 0 Å². The highest BCUT2D eigenvalue weighted by atomic mass is 14.4. The molecule has 0 heteroatoms. The second-order valence-corrected chi connectivity index (χ2v) is 14.5. The van der Waals surface area contributed by atoms with Crippen molar-refractivity contribution in [3.63, 3.8) is 0 Å². The molecule has 50 heavy (non-hydrogen) atoms. The van der Waals surface area contributed by atoms with Crippen LogP contribution in [0.5, 0.6) is 0 Å². The Morgan fingerprint density at radius 3 is 1.38 bits per heavy atom. The van der Waals surface area contributed by atoms with Crippen LogP contribution < -0.4 is 0 Å². The van der Waals surface area contributed by atoms with Gasteiger partial charge in [-0.2, -0.15) is 0 Å². The Labute approximate surface area is 293 Å². The van der Waals surface area contributed by atoms with Crippen LogP contribution in [-0.2, 0) is 5.41 Å². The van der Waals surface area contributed by atoms with E-state index in [-0.39, 0.29) is 5.41 Å². The molecule has 0 radical (unpaired) electrons. The fourth-order valence-corrected chi connectivity index (χ4v) is 9.06. The van der Waals surface area contributed by atoms with E-state index in [4.69, 9.17) is 0 Å². The van der Waals surface area contributed by atoms with Gasteiger partial charge in [0, 0.05) is 5.41 Å². The van der Waals surface area contributed by atoms with Gasteiger partial charge in [-0.1, -0.05) is 177 Å². The molecule has 0 amide bonds. The lowest BCUT2D eigenvalue weighted by Crippen LogP contribution is -2.14. The number of hydrogen-bond donors (Lipinski definition) is 0. The first-order valence-corrected chi connectivity index (χ1v) is 17.7. The Bertz CT molecular complexity index is 2780. The lowest BCUT2D eigenvalue weighted by atomic mass is 9.80. The molecule has 0 spiro atoms. The third kappa shape index (κ3) is 4.06. The minimum atomic E-state index is -0.0247. The van der Waals surface area contributed by atoms with Crippen LogP contribution >= 0.6 is 0 Å². The van der Waals surface area contributed by atoms with E-state index < -0.39 is 0 Å². The molecular weight excluding hydrogens is 601 g/mol. The predicted octanol–water partition coefficient (Wildman–Crippen LogP) is 13.9. The molecule has 0 unspecified atom stereocenters. The maximum Gasteiger partial charge on any atom is 0.0158 e. The quantitative estimate of drug-likeness (QED) is 0.169. The third-order valence-electron chi connectivity index (χ3n) is 11.3. The largest absolute Gasteiger partial charge is 0.0622 e. The van der Waals surface area contributed by atoms with Crippen LogP contribution in [0.25, 0.3) is 87.6 Å². The van der Waals surface area contributed by atoms with Crippen molar-refractivity contribution in [1.29, 1.82) is 0 Å². The van der Waals surface area contributed by atoms with Gasteiger partial charge in [0.05, 0.1) is 0 Å². The van der Waals surface area contributed by atoms with Gasteiger partial charge in [-0.15, -0.1) is 0 Å². The van der Waals surface area contributed by atoms with E-state index in [0.29, 0.717) is 0 Å². The second kappa shape index (κ2) is 10.8. The molecule has 0 nitrogen and oxygen atoms in total. The fraction of sp³-hybridized carbons (Fsp3) is 0.0800. The Kier molecular flexibility index (Phi) is 6.24. The molecule has 0 N–H and O–H groups in total. The van der Waals surface area contributed by atoms with Crippen LogP contribution in [0.3, 0.4) is 0 Å². The van der Waals surface area contributed by atoms with Crippen molar-refractivity contribution in [2.75, 3.05) is 0 Å². The van der Waals surface area contributed by atoms with Gasteiger partial charge in [0.15, 0.2) is 0 Å². The molecule has 1 aliphatic rings. The number of hydrogen-bond acceptors (Lipinski definition) is 0. The molecule has 0 bridgehead atoms. The van der Waals surface area contributed by atoms with E-state index in [1.165, 1.54) is 104 Å². The number of benzene rings is 9. The topological polar surface area (TPSA) is 0 Å². The van der Waals surface area contributed by atoms with E-state index in [1.807, 2.05) is 0 Å². The van der Waals surface area contributed by atoms with Gasteiger partial charge in [0.25, 0.3) is 0 Å². The van der Waals surface area contributed by atoms with Crippen LogP contribution in [0.1, 0.15) is 30.5 Å². The van der Waals surface area contributed by atoms with Crippen molar-refractivity contribution < 1.29 is 0 Å². The molecule has 0 aliphatic heterocycles. The first kappa shape index (κ1) is 29.0. The standard InChI is InChI=1S/C50H36/c1-31-25-27-41-43(29-31)47(33-26-28-45-42(30-33)34-17-13-14-24-44(34)50(45,2)3)37-20-9-12-23-40(37)49(41)48-38-21-10-7-18-35(38)46(32-15-5-4-6-16-32)36-19-8-11-22-39(36)48/h4-30H,1-3H3. The summed E-state index contributed by atoms with van der Waals surface area (Å²) < 4.78 is 0. The summed E-state index contributed by atoms with van der Waals surface area (Å²) in [5.41, 5.74) is 14.5. The number of aryl methyl sites for hydroxylation is 1. The van der Waals surface area contributed by atoms with Crippen molar-refractivity contribution in [1.82, 2.24) is 0 Å². The van der Waals surface area contributed by atoms with Crippen LogP contribution in [0.15, 0.2) is 164 Å². The molecule has 0 atom stereocenters. The Balaban J connectivity index is 1.35. The molecule has 10 rings (SSSR count). The number of rotatable bonds is 3. The average molecular weight is 637 g/mol. The molecule has 0 saturated heterocycles. The Hall–Kier alpha value is -5.98. The Morgan fingerprint density at radius 1 is 0.320 bits per heavy atom. The van der Waals surface area contributed by atoms with E-state index in [0.717, 1.165) is 0 Å². The maximum absolute atomic E-state index is 2.46. The predicted molar refractivity (Wildman–Crippen MR) is 215 cm³/mol. The molecule has 9 aromatic rings. The highest BCUT2D eigenvalue weighted by Crippen LogP contribution is 2.53. The molecule has 0 saturated carbocycles. The summed E-state index contributed by atoms with van der Waals surface area (Å²) in [6.07, 6.45) is 0. The SMILES string of the molecule is Cc1ccc2c(-c3c4ccccc4c(-c4ccccc4)c4ccccc34)c3ccccc3c(-c3ccc4c(c3)-c3ccccc3C4(C)C)c2c1. The molecule has 236 valence electrons. The zero-order valence-corrected chi connectivity index (χ0v) is 28.6. The van der Waals surface area contributed by atoms with Crippen LogP contribution in [0.2, 0.25) is 0 Å². The normalized spacial score (nSPS) is 13.3. The van der Waals surface area contributed by atoms with Gasteiger partial charge in [0.2, 0.25) is 0 Å². The molecule has 0 heterocycles. The summed E-state index contributed by atoms with van der Waals surface area (Å²) in [4.78, 5) is 0. The van der Waals surface area contributed by atoms with Gasteiger partial charge < -0.3 is 0 Å². The van der Waals surface area contributed by atoms with Gasteiger partial charge in [-0.25, -0.2) is 0 Å². The molecular formula is C50H36. The van der Waals surface area contributed by atoms with Gasteiger partial charge >= 0.3 is 0 Å². The summed E-state index contributed by atoms with van der Waals surface area (Å²) in [5, 5.41) is 10.3.